The summed E-state index contributed by atoms with van der Waals surface area (Å²) in [6.07, 6.45) is 2.26. The number of hydrogen-bond acceptors (Lipinski definition) is 5. The van der Waals surface area contributed by atoms with Gasteiger partial charge in [0.2, 0.25) is 0 Å². The molecule has 0 radical (unpaired) electrons. The maximum Gasteiger partial charge on any atom is 0.329 e. The number of carbonyl (C=O) groups is 3. The van der Waals surface area contributed by atoms with Crippen molar-refractivity contribution in [1.29, 1.82) is 0 Å². The molecule has 4 amide bonds. The maximum absolute atomic E-state index is 12.5. The van der Waals surface area contributed by atoms with Gasteiger partial charge in [0, 0.05) is 12.2 Å². The molecule has 3 rings (SSSR count). The van der Waals surface area contributed by atoms with E-state index >= 15 is 0 Å². The fourth-order valence-corrected chi connectivity index (χ4v) is 3.79. The van der Waals surface area contributed by atoms with Crippen LogP contribution < -0.4 is 20.1 Å². The summed E-state index contributed by atoms with van der Waals surface area (Å²) < 4.78 is 12.0. The van der Waals surface area contributed by atoms with Crippen LogP contribution in [0.5, 0.6) is 11.5 Å². The highest BCUT2D eigenvalue weighted by molar-refractivity contribution is 9.10. The SMILES string of the molecule is CCCN1C(=O)N/C(=C/c2cc(Br)c(OCC(=O)Nc3ccc(C)cc3)c(OCC)c2)C1=O. The Morgan fingerprint density at radius 3 is 2.55 bits per heavy atom. The maximum atomic E-state index is 12.5. The molecule has 1 saturated heterocycles. The summed E-state index contributed by atoms with van der Waals surface area (Å²) in [5.74, 6) is 0.0928. The van der Waals surface area contributed by atoms with Gasteiger partial charge in [0.05, 0.1) is 11.1 Å². The Morgan fingerprint density at radius 1 is 1.15 bits per heavy atom. The van der Waals surface area contributed by atoms with Crippen molar-refractivity contribution in [2.45, 2.75) is 27.2 Å². The summed E-state index contributed by atoms with van der Waals surface area (Å²) in [4.78, 5) is 38.0. The molecule has 33 heavy (non-hydrogen) atoms. The molecule has 174 valence electrons. The third kappa shape index (κ3) is 6.13. The van der Waals surface area contributed by atoms with Gasteiger partial charge in [0.1, 0.15) is 5.70 Å². The zero-order valence-electron chi connectivity index (χ0n) is 18.7. The van der Waals surface area contributed by atoms with E-state index in [0.717, 1.165) is 5.56 Å². The lowest BCUT2D eigenvalue weighted by Gasteiger charge is -2.15. The lowest BCUT2D eigenvalue weighted by Crippen LogP contribution is -2.31. The molecular weight excluding hydrogens is 490 g/mol. The van der Waals surface area contributed by atoms with Crippen molar-refractivity contribution < 1.29 is 23.9 Å². The number of nitrogens with one attached hydrogen (secondary N) is 2. The molecule has 0 atom stereocenters. The van der Waals surface area contributed by atoms with Crippen LogP contribution >= 0.6 is 15.9 Å². The number of ether oxygens (including phenoxy) is 2. The monoisotopic (exact) mass is 515 g/mol. The van der Waals surface area contributed by atoms with Crippen LogP contribution in [0.2, 0.25) is 0 Å². The highest BCUT2D eigenvalue weighted by Gasteiger charge is 2.32. The first-order valence-corrected chi connectivity index (χ1v) is 11.4. The zero-order valence-corrected chi connectivity index (χ0v) is 20.3. The van der Waals surface area contributed by atoms with Crippen LogP contribution in [0.1, 0.15) is 31.4 Å². The Hall–Kier alpha value is -3.33. The number of benzene rings is 2. The minimum Gasteiger partial charge on any atom is -0.490 e. The fourth-order valence-electron chi connectivity index (χ4n) is 3.21. The van der Waals surface area contributed by atoms with Gasteiger partial charge in [-0.2, -0.15) is 0 Å². The van der Waals surface area contributed by atoms with Crippen molar-refractivity contribution in [2.24, 2.45) is 0 Å². The van der Waals surface area contributed by atoms with Gasteiger partial charge in [-0.25, -0.2) is 4.79 Å². The second-order valence-electron chi connectivity index (χ2n) is 7.41. The van der Waals surface area contributed by atoms with E-state index in [1.54, 1.807) is 18.2 Å². The zero-order chi connectivity index (χ0) is 24.0. The molecule has 2 aromatic rings. The molecule has 9 heteroatoms. The number of hydrogen-bond donors (Lipinski definition) is 2. The molecule has 0 spiro atoms. The first-order valence-electron chi connectivity index (χ1n) is 10.6. The lowest BCUT2D eigenvalue weighted by atomic mass is 10.1. The average Bonchev–Trinajstić information content (AvgIpc) is 3.02. The average molecular weight is 516 g/mol. The molecule has 0 unspecified atom stereocenters. The van der Waals surface area contributed by atoms with Gasteiger partial charge in [-0.1, -0.05) is 24.6 Å². The van der Waals surface area contributed by atoms with Gasteiger partial charge in [-0.05, 0) is 72.1 Å². The molecule has 0 bridgehead atoms. The second kappa shape index (κ2) is 11.0. The summed E-state index contributed by atoms with van der Waals surface area (Å²) in [7, 11) is 0. The van der Waals surface area contributed by atoms with Crippen LogP contribution in [-0.2, 0) is 9.59 Å². The van der Waals surface area contributed by atoms with Crippen LogP contribution in [0.4, 0.5) is 10.5 Å². The van der Waals surface area contributed by atoms with Crippen molar-refractivity contribution >= 4 is 45.5 Å². The van der Waals surface area contributed by atoms with Gasteiger partial charge in [-0.15, -0.1) is 0 Å². The topological polar surface area (TPSA) is 97.0 Å². The van der Waals surface area contributed by atoms with E-state index in [1.165, 1.54) is 4.90 Å². The second-order valence-corrected chi connectivity index (χ2v) is 8.27. The number of urea groups is 1. The molecule has 1 heterocycles. The summed E-state index contributed by atoms with van der Waals surface area (Å²) >= 11 is 3.46. The van der Waals surface area contributed by atoms with Crippen molar-refractivity contribution in [3.63, 3.8) is 0 Å². The molecular formula is C24H26BrN3O5. The Kier molecular flexibility index (Phi) is 8.11. The number of halogens is 1. The molecule has 8 nitrogen and oxygen atoms in total. The predicted molar refractivity (Wildman–Crippen MR) is 129 cm³/mol. The number of rotatable bonds is 9. The smallest absolute Gasteiger partial charge is 0.329 e. The van der Waals surface area contributed by atoms with Crippen molar-refractivity contribution in [1.82, 2.24) is 10.2 Å². The van der Waals surface area contributed by atoms with Crippen molar-refractivity contribution in [3.05, 3.63) is 57.7 Å². The van der Waals surface area contributed by atoms with E-state index in [-0.39, 0.29) is 24.1 Å². The minimum absolute atomic E-state index is 0.189. The normalized spacial score (nSPS) is 14.4. The summed E-state index contributed by atoms with van der Waals surface area (Å²) in [6, 6.07) is 10.4. The van der Waals surface area contributed by atoms with Crippen LogP contribution in [0.15, 0.2) is 46.6 Å². The van der Waals surface area contributed by atoms with E-state index < -0.39 is 6.03 Å². The standard InChI is InChI=1S/C24H26BrN3O5/c1-4-10-28-23(30)19(27-24(28)31)12-16-11-18(25)22(20(13-16)32-5-2)33-14-21(29)26-17-8-6-15(3)7-9-17/h6-9,11-13H,4-5,10,14H2,1-3H3,(H,26,29)(H,27,31)/b19-12+. The molecule has 0 aliphatic carbocycles. The number of carbonyl (C=O) groups excluding carboxylic acids is 3. The summed E-state index contributed by atoms with van der Waals surface area (Å²) in [5.41, 5.74) is 2.60. The van der Waals surface area contributed by atoms with Crippen LogP contribution in [0, 0.1) is 6.92 Å². The third-order valence-corrected chi connectivity index (χ3v) is 5.32. The van der Waals surface area contributed by atoms with Crippen LogP contribution in [0.3, 0.4) is 0 Å². The minimum atomic E-state index is -0.434. The Balaban J connectivity index is 1.75. The Labute approximate surface area is 201 Å². The van der Waals surface area contributed by atoms with Crippen LogP contribution in [0.25, 0.3) is 6.08 Å². The molecule has 1 fully saturated rings. The molecule has 1 aliphatic rings. The Bertz CT molecular complexity index is 1080. The highest BCUT2D eigenvalue weighted by atomic mass is 79.9. The van der Waals surface area contributed by atoms with E-state index in [4.69, 9.17) is 9.47 Å². The lowest BCUT2D eigenvalue weighted by molar-refractivity contribution is -0.123. The van der Waals surface area contributed by atoms with Gasteiger partial charge < -0.3 is 20.1 Å². The molecule has 2 N–H and O–H groups in total. The largest absolute Gasteiger partial charge is 0.490 e. The van der Waals surface area contributed by atoms with E-state index in [1.807, 2.05) is 45.0 Å². The number of amides is 4. The molecule has 0 saturated carbocycles. The molecule has 2 aromatic carbocycles. The number of anilines is 1. The summed E-state index contributed by atoms with van der Waals surface area (Å²) in [5, 5.41) is 5.38. The van der Waals surface area contributed by atoms with Crippen molar-refractivity contribution in [2.75, 3.05) is 25.1 Å². The first kappa shape index (κ1) is 24.3. The van der Waals surface area contributed by atoms with Gasteiger partial charge in [0.15, 0.2) is 18.1 Å². The van der Waals surface area contributed by atoms with Gasteiger partial charge >= 0.3 is 6.03 Å². The fraction of sp³-hybridized carbons (Fsp3) is 0.292. The van der Waals surface area contributed by atoms with Crippen LogP contribution in [-0.4, -0.2) is 42.5 Å². The molecule has 1 aliphatic heterocycles. The van der Waals surface area contributed by atoms with E-state index in [2.05, 4.69) is 26.6 Å². The van der Waals surface area contributed by atoms with E-state index in [0.29, 0.717) is 46.8 Å². The molecule has 0 aromatic heterocycles. The van der Waals surface area contributed by atoms with E-state index in [9.17, 15) is 14.4 Å². The quantitative estimate of drug-likeness (QED) is 0.379. The third-order valence-electron chi connectivity index (χ3n) is 4.74. The number of aryl methyl sites for hydroxylation is 1. The summed E-state index contributed by atoms with van der Waals surface area (Å²) in [6.45, 7) is 6.21. The van der Waals surface area contributed by atoms with Crippen molar-refractivity contribution in [3.8, 4) is 11.5 Å². The number of imide groups is 1. The first-order chi connectivity index (χ1) is 15.8. The predicted octanol–water partition coefficient (Wildman–Crippen LogP) is 4.48. The van der Waals surface area contributed by atoms with Gasteiger partial charge in [0.25, 0.3) is 11.8 Å². The number of nitrogens with zero attached hydrogens (tertiary/aromatic N) is 1. The Morgan fingerprint density at radius 2 is 1.88 bits per heavy atom. The highest BCUT2D eigenvalue weighted by Crippen LogP contribution is 2.37. The van der Waals surface area contributed by atoms with Gasteiger partial charge in [-0.3, -0.25) is 14.5 Å².